The van der Waals surface area contributed by atoms with Crippen molar-refractivity contribution in [3.63, 3.8) is 0 Å². The van der Waals surface area contributed by atoms with Gasteiger partial charge in [0.2, 0.25) is 5.89 Å². The van der Waals surface area contributed by atoms with Crippen LogP contribution in [0.3, 0.4) is 0 Å². The van der Waals surface area contributed by atoms with Crippen LogP contribution in [-0.2, 0) is 4.79 Å². The van der Waals surface area contributed by atoms with Gasteiger partial charge in [-0.1, -0.05) is 31.5 Å². The van der Waals surface area contributed by atoms with E-state index in [0.717, 1.165) is 18.4 Å². The number of carbonyl (C=O) groups is 1. The molecule has 3 rings (SSSR count). The van der Waals surface area contributed by atoms with Gasteiger partial charge in [0.15, 0.2) is 17.1 Å². The van der Waals surface area contributed by atoms with Crippen LogP contribution < -0.4 is 14.6 Å². The summed E-state index contributed by atoms with van der Waals surface area (Å²) in [5, 5.41) is 11.3. The van der Waals surface area contributed by atoms with Gasteiger partial charge in [-0.3, -0.25) is 0 Å². The van der Waals surface area contributed by atoms with E-state index in [1.54, 1.807) is 25.3 Å². The Kier molecular flexibility index (Phi) is 6.32. The minimum absolute atomic E-state index is 0.259. The summed E-state index contributed by atoms with van der Waals surface area (Å²) in [5.41, 5.74) is 2.44. The minimum atomic E-state index is -1.21. The number of benzene rings is 2. The Labute approximate surface area is 163 Å². The number of fused-ring (bicyclic) bond motifs is 1. The lowest BCUT2D eigenvalue weighted by molar-refractivity contribution is -0.304. The summed E-state index contributed by atoms with van der Waals surface area (Å²) in [7, 11) is 1.58. The predicted molar refractivity (Wildman–Crippen MR) is 105 cm³/mol. The lowest BCUT2D eigenvalue weighted by Gasteiger charge is -2.12. The number of hydrogen-bond donors (Lipinski definition) is 0. The zero-order valence-electron chi connectivity index (χ0n) is 15.9. The molecule has 0 amide bonds. The molecule has 0 spiro atoms. The van der Waals surface area contributed by atoms with Crippen LogP contribution in [-0.4, -0.2) is 24.7 Å². The first-order chi connectivity index (χ1) is 13.6. The van der Waals surface area contributed by atoms with E-state index in [-0.39, 0.29) is 12.3 Å². The van der Waals surface area contributed by atoms with Gasteiger partial charge < -0.3 is 23.8 Å². The lowest BCUT2D eigenvalue weighted by atomic mass is 10.1. The maximum absolute atomic E-state index is 11.3. The number of nitrogens with zero attached hydrogens (tertiary/aromatic N) is 1. The van der Waals surface area contributed by atoms with Crippen LogP contribution in [0.25, 0.3) is 22.7 Å². The number of para-hydroxylation sites is 2. The fourth-order valence-corrected chi connectivity index (χ4v) is 2.78. The fraction of sp³-hybridized carbons (Fsp3) is 0.273. The molecule has 0 unspecified atom stereocenters. The maximum atomic E-state index is 11.3. The molecular weight excluding hydrogens is 358 g/mol. The zero-order chi connectivity index (χ0) is 19.9. The number of rotatable bonds is 9. The molecule has 0 aliphatic heterocycles. The highest BCUT2D eigenvalue weighted by Gasteiger charge is 2.13. The third-order valence-electron chi connectivity index (χ3n) is 4.19. The molecule has 0 fully saturated rings. The molecule has 28 heavy (non-hydrogen) atoms. The zero-order valence-corrected chi connectivity index (χ0v) is 15.9. The van der Waals surface area contributed by atoms with Crippen LogP contribution in [0, 0.1) is 0 Å². The molecule has 0 atom stereocenters. The molecule has 6 nitrogen and oxygen atoms in total. The first-order valence-electron chi connectivity index (χ1n) is 9.18. The molecule has 1 heterocycles. The molecule has 1 aromatic heterocycles. The van der Waals surface area contributed by atoms with Crippen molar-refractivity contribution in [3.8, 4) is 11.5 Å². The second kappa shape index (κ2) is 9.08. The van der Waals surface area contributed by atoms with Crippen LogP contribution in [0.2, 0.25) is 0 Å². The van der Waals surface area contributed by atoms with E-state index in [1.165, 1.54) is 0 Å². The van der Waals surface area contributed by atoms with Gasteiger partial charge in [0, 0.05) is 18.0 Å². The van der Waals surface area contributed by atoms with E-state index < -0.39 is 5.97 Å². The monoisotopic (exact) mass is 380 g/mol. The Morgan fingerprint density at radius 3 is 2.75 bits per heavy atom. The highest BCUT2D eigenvalue weighted by atomic mass is 16.5. The van der Waals surface area contributed by atoms with Gasteiger partial charge >= 0.3 is 0 Å². The largest absolute Gasteiger partial charge is 0.550 e. The fourth-order valence-electron chi connectivity index (χ4n) is 2.78. The minimum Gasteiger partial charge on any atom is -0.550 e. The van der Waals surface area contributed by atoms with Crippen molar-refractivity contribution >= 4 is 28.7 Å². The van der Waals surface area contributed by atoms with E-state index in [9.17, 15) is 9.90 Å². The molecule has 0 aliphatic carbocycles. The number of ether oxygens (including phenoxy) is 2. The summed E-state index contributed by atoms with van der Waals surface area (Å²) < 4.78 is 16.9. The number of aromatic nitrogens is 1. The third kappa shape index (κ3) is 4.71. The van der Waals surface area contributed by atoms with Gasteiger partial charge in [-0.25, -0.2) is 4.98 Å². The summed E-state index contributed by atoms with van der Waals surface area (Å²) in [6, 6.07) is 12.7. The number of carboxylic acid groups (broad SMARTS) is 1. The van der Waals surface area contributed by atoms with Crippen molar-refractivity contribution in [1.82, 2.24) is 4.98 Å². The summed E-state index contributed by atoms with van der Waals surface area (Å²) in [4.78, 5) is 15.7. The predicted octanol–water partition coefficient (Wildman–Crippen LogP) is 3.70. The van der Waals surface area contributed by atoms with Crippen molar-refractivity contribution in [1.29, 1.82) is 0 Å². The SMILES string of the molecule is CCCCOc1cc(/C=C(\CC(=O)[O-])c2nc3ccccc3o2)ccc1OC. The van der Waals surface area contributed by atoms with Gasteiger partial charge in [-0.2, -0.15) is 0 Å². The average molecular weight is 380 g/mol. The standard InChI is InChI=1S/C22H23NO5/c1-3-4-11-27-20-13-15(9-10-19(20)26-2)12-16(14-21(24)25)22-23-17-7-5-6-8-18(17)28-22/h5-10,12-13H,3-4,11,14H2,1-2H3,(H,24,25)/p-1/b16-12+. The highest BCUT2D eigenvalue weighted by Crippen LogP contribution is 2.31. The Bertz CT molecular complexity index is 957. The number of methoxy groups -OCH3 is 1. The number of carbonyl (C=O) groups excluding carboxylic acids is 1. The molecule has 0 saturated carbocycles. The molecule has 0 aliphatic rings. The Hall–Kier alpha value is -3.28. The average Bonchev–Trinajstić information content (AvgIpc) is 3.12. The van der Waals surface area contributed by atoms with Crippen LogP contribution in [0.15, 0.2) is 46.9 Å². The van der Waals surface area contributed by atoms with Gasteiger partial charge in [0.25, 0.3) is 0 Å². The van der Waals surface area contributed by atoms with E-state index in [1.807, 2.05) is 30.3 Å². The van der Waals surface area contributed by atoms with E-state index in [4.69, 9.17) is 13.9 Å². The van der Waals surface area contributed by atoms with Crippen LogP contribution in [0.5, 0.6) is 11.5 Å². The van der Waals surface area contributed by atoms with E-state index in [0.29, 0.717) is 34.8 Å². The number of aliphatic carboxylic acids is 1. The van der Waals surface area contributed by atoms with Crippen LogP contribution in [0.4, 0.5) is 0 Å². The summed E-state index contributed by atoms with van der Waals surface area (Å²) in [6.45, 7) is 2.67. The van der Waals surface area contributed by atoms with Crippen LogP contribution >= 0.6 is 0 Å². The molecule has 2 aromatic carbocycles. The normalized spacial score (nSPS) is 11.6. The summed E-state index contributed by atoms with van der Waals surface area (Å²) in [6.07, 6.45) is 3.36. The van der Waals surface area contributed by atoms with Crippen molar-refractivity contribution in [2.24, 2.45) is 0 Å². The van der Waals surface area contributed by atoms with E-state index >= 15 is 0 Å². The first kappa shape index (κ1) is 19.5. The molecule has 0 N–H and O–H groups in total. The Morgan fingerprint density at radius 2 is 2.04 bits per heavy atom. The number of oxazole rings is 1. The second-order valence-corrected chi connectivity index (χ2v) is 6.32. The van der Waals surface area contributed by atoms with Gasteiger partial charge in [0.05, 0.1) is 13.7 Å². The third-order valence-corrected chi connectivity index (χ3v) is 4.19. The molecule has 146 valence electrons. The topological polar surface area (TPSA) is 84.6 Å². The Morgan fingerprint density at radius 1 is 1.21 bits per heavy atom. The van der Waals surface area contributed by atoms with Gasteiger partial charge in [-0.05, 0) is 42.3 Å². The molecule has 0 radical (unpaired) electrons. The van der Waals surface area contributed by atoms with Gasteiger partial charge in [0.1, 0.15) is 5.52 Å². The smallest absolute Gasteiger partial charge is 0.223 e. The molecule has 0 saturated heterocycles. The number of carboxylic acids is 1. The van der Waals surface area contributed by atoms with Crippen molar-refractivity contribution < 1.29 is 23.8 Å². The summed E-state index contributed by atoms with van der Waals surface area (Å²) >= 11 is 0. The number of hydrogen-bond acceptors (Lipinski definition) is 6. The van der Waals surface area contributed by atoms with Gasteiger partial charge in [-0.15, -0.1) is 0 Å². The molecular formula is C22H22NO5-. The Balaban J connectivity index is 1.97. The van der Waals surface area contributed by atoms with Crippen molar-refractivity contribution in [2.45, 2.75) is 26.2 Å². The molecule has 0 bridgehead atoms. The van der Waals surface area contributed by atoms with Crippen molar-refractivity contribution in [3.05, 3.63) is 53.9 Å². The quantitative estimate of drug-likeness (QED) is 0.526. The van der Waals surface area contributed by atoms with E-state index in [2.05, 4.69) is 11.9 Å². The second-order valence-electron chi connectivity index (χ2n) is 6.32. The van der Waals surface area contributed by atoms with Crippen molar-refractivity contribution in [2.75, 3.05) is 13.7 Å². The van der Waals surface area contributed by atoms with Crippen LogP contribution in [0.1, 0.15) is 37.6 Å². The maximum Gasteiger partial charge on any atom is 0.223 e. The lowest BCUT2D eigenvalue weighted by Crippen LogP contribution is -2.22. The highest BCUT2D eigenvalue weighted by molar-refractivity contribution is 5.90. The number of unbranched alkanes of at least 4 members (excludes halogenated alkanes) is 1. The molecule has 6 heteroatoms. The summed E-state index contributed by atoms with van der Waals surface area (Å²) in [5.74, 6) is 0.280. The first-order valence-corrected chi connectivity index (χ1v) is 9.18. The molecule has 3 aromatic rings.